The summed E-state index contributed by atoms with van der Waals surface area (Å²) in [4.78, 5) is 25.0. The average Bonchev–Trinajstić information content (AvgIpc) is 3.29. The van der Waals surface area contributed by atoms with Crippen molar-refractivity contribution in [3.63, 3.8) is 0 Å². The van der Waals surface area contributed by atoms with Crippen LogP contribution in [0.5, 0.6) is 0 Å². The molecule has 7 nitrogen and oxygen atoms in total. The smallest absolute Gasteiger partial charge is 0.334 e. The molecule has 3 aliphatic heterocycles. The number of cyclic esters (lactones) is 1. The molecule has 0 aromatic carbocycles. The number of carbonyl (C=O) groups excluding carboxylic acids is 2. The minimum absolute atomic E-state index is 0.326. The maximum atomic E-state index is 12.7. The normalized spacial score (nSPS) is 45.9. The summed E-state index contributed by atoms with van der Waals surface area (Å²) >= 11 is 0. The zero-order valence-corrected chi connectivity index (χ0v) is 15.3. The Hall–Kier alpha value is -2.12. The van der Waals surface area contributed by atoms with E-state index in [0.29, 0.717) is 31.3 Å². The molecule has 6 atom stereocenters. The van der Waals surface area contributed by atoms with Crippen molar-refractivity contribution in [2.24, 2.45) is 11.3 Å². The van der Waals surface area contributed by atoms with E-state index in [-0.39, 0.29) is 5.97 Å². The fourth-order valence-electron chi connectivity index (χ4n) is 5.28. The number of carbonyl (C=O) groups is 2. The van der Waals surface area contributed by atoms with Gasteiger partial charge in [-0.2, -0.15) is 0 Å². The third-order valence-electron chi connectivity index (χ3n) is 6.95. The molecule has 0 saturated carbocycles. The van der Waals surface area contributed by atoms with Crippen molar-refractivity contribution in [3.05, 3.63) is 35.8 Å². The van der Waals surface area contributed by atoms with Gasteiger partial charge in [-0.15, -0.1) is 0 Å². The molecule has 5 rings (SSSR count). The fraction of sp³-hybridized carbons (Fsp3) is 0.600. The van der Waals surface area contributed by atoms with Gasteiger partial charge in [0.2, 0.25) is 0 Å². The number of hydrogen-bond acceptors (Lipinski definition) is 7. The quantitative estimate of drug-likeness (QED) is 0.794. The largest absolute Gasteiger partial charge is 0.472 e. The van der Waals surface area contributed by atoms with Crippen LogP contribution in [0, 0.1) is 11.3 Å². The minimum Gasteiger partial charge on any atom is -0.472 e. The number of esters is 2. The second kappa shape index (κ2) is 5.23. The maximum absolute atomic E-state index is 12.7. The first-order chi connectivity index (χ1) is 12.8. The lowest BCUT2D eigenvalue weighted by Crippen LogP contribution is -2.66. The van der Waals surface area contributed by atoms with Gasteiger partial charge in [0.1, 0.15) is 12.2 Å². The number of rotatable bonds is 2. The van der Waals surface area contributed by atoms with E-state index in [1.807, 2.05) is 13.0 Å². The van der Waals surface area contributed by atoms with Gasteiger partial charge in [0, 0.05) is 30.4 Å². The molecule has 144 valence electrons. The van der Waals surface area contributed by atoms with Crippen LogP contribution in [-0.2, 0) is 23.8 Å². The van der Waals surface area contributed by atoms with Crippen LogP contribution in [0.2, 0.25) is 0 Å². The molecule has 27 heavy (non-hydrogen) atoms. The molecule has 1 aliphatic carbocycles. The minimum atomic E-state index is -1.56. The van der Waals surface area contributed by atoms with Crippen molar-refractivity contribution < 1.29 is 33.3 Å². The van der Waals surface area contributed by atoms with Crippen molar-refractivity contribution in [3.8, 4) is 0 Å². The Bertz CT molecular complexity index is 843. The topological polar surface area (TPSA) is 95.2 Å². The van der Waals surface area contributed by atoms with Gasteiger partial charge in [0.25, 0.3) is 0 Å². The van der Waals surface area contributed by atoms with Crippen LogP contribution in [-0.4, -0.2) is 34.5 Å². The molecule has 0 bridgehead atoms. The van der Waals surface area contributed by atoms with Crippen LogP contribution < -0.4 is 0 Å². The highest BCUT2D eigenvalue weighted by atomic mass is 16.7. The number of ether oxygens (including phenoxy) is 3. The molecule has 0 amide bonds. The Kier molecular flexibility index (Phi) is 3.30. The Morgan fingerprint density at radius 2 is 2.04 bits per heavy atom. The predicted octanol–water partition coefficient (Wildman–Crippen LogP) is 2.40. The molecule has 4 heterocycles. The Balaban J connectivity index is 1.49. The van der Waals surface area contributed by atoms with E-state index >= 15 is 0 Å². The Labute approximate surface area is 156 Å². The summed E-state index contributed by atoms with van der Waals surface area (Å²) in [6.45, 7) is 3.62. The van der Waals surface area contributed by atoms with Gasteiger partial charge in [-0.1, -0.05) is 6.08 Å². The van der Waals surface area contributed by atoms with Crippen molar-refractivity contribution in [1.29, 1.82) is 0 Å². The number of hydrogen-bond donors (Lipinski definition) is 1. The van der Waals surface area contributed by atoms with E-state index in [1.54, 1.807) is 19.3 Å². The van der Waals surface area contributed by atoms with Crippen molar-refractivity contribution in [1.82, 2.24) is 0 Å². The van der Waals surface area contributed by atoms with Crippen LogP contribution in [0.1, 0.15) is 51.2 Å². The first kappa shape index (κ1) is 17.0. The van der Waals surface area contributed by atoms with Crippen molar-refractivity contribution in [2.75, 3.05) is 0 Å². The third kappa shape index (κ3) is 2.09. The van der Waals surface area contributed by atoms with Gasteiger partial charge in [-0.25, -0.2) is 4.79 Å². The van der Waals surface area contributed by atoms with E-state index in [2.05, 4.69) is 0 Å². The standard InChI is InChI=1S/C20H22O7/c1-18(13-8-14(25-17(13)22)11-5-7-24-10-11)9-15-19(2)12(16(21)26-15)4-3-6-20(19,23)27-18/h4-5,7,10,13-15,23H,3,6,8-9H2,1-2H3. The van der Waals surface area contributed by atoms with Crippen LogP contribution in [0.15, 0.2) is 34.7 Å². The lowest BCUT2D eigenvalue weighted by molar-refractivity contribution is -0.359. The summed E-state index contributed by atoms with van der Waals surface area (Å²) in [7, 11) is 0. The van der Waals surface area contributed by atoms with Crippen LogP contribution in [0.3, 0.4) is 0 Å². The van der Waals surface area contributed by atoms with Crippen molar-refractivity contribution >= 4 is 11.9 Å². The summed E-state index contributed by atoms with van der Waals surface area (Å²) in [5, 5.41) is 11.4. The Morgan fingerprint density at radius 1 is 1.22 bits per heavy atom. The Morgan fingerprint density at radius 3 is 2.78 bits per heavy atom. The van der Waals surface area contributed by atoms with Gasteiger partial charge < -0.3 is 23.7 Å². The second-order valence-electron chi connectivity index (χ2n) is 8.43. The number of aliphatic hydroxyl groups is 1. The van der Waals surface area contributed by atoms with Gasteiger partial charge in [-0.3, -0.25) is 4.79 Å². The molecule has 3 saturated heterocycles. The second-order valence-corrected chi connectivity index (χ2v) is 8.43. The highest BCUT2D eigenvalue weighted by Crippen LogP contribution is 2.61. The molecule has 6 unspecified atom stereocenters. The van der Waals surface area contributed by atoms with E-state index in [1.165, 1.54) is 6.26 Å². The summed E-state index contributed by atoms with van der Waals surface area (Å²) in [6.07, 6.45) is 5.61. The summed E-state index contributed by atoms with van der Waals surface area (Å²) in [5.74, 6) is -2.90. The molecule has 1 aromatic heterocycles. The maximum Gasteiger partial charge on any atom is 0.334 e. The van der Waals surface area contributed by atoms with Gasteiger partial charge in [0.05, 0.1) is 29.5 Å². The molecular weight excluding hydrogens is 352 g/mol. The SMILES string of the molecule is CC1(C2CC(c3ccoc3)OC2=O)CC2OC(=O)C3=CCCC(O)(O1)C32C. The molecular formula is C20H22O7. The summed E-state index contributed by atoms with van der Waals surface area (Å²) in [6, 6.07) is 1.77. The van der Waals surface area contributed by atoms with Gasteiger partial charge >= 0.3 is 11.9 Å². The molecule has 0 spiro atoms. The molecule has 7 heteroatoms. The van der Waals surface area contributed by atoms with Gasteiger partial charge in [0.15, 0.2) is 5.79 Å². The van der Waals surface area contributed by atoms with E-state index < -0.39 is 40.9 Å². The lowest BCUT2D eigenvalue weighted by atomic mass is 9.61. The van der Waals surface area contributed by atoms with Crippen LogP contribution in [0.4, 0.5) is 0 Å². The molecule has 4 aliphatic rings. The monoisotopic (exact) mass is 374 g/mol. The molecule has 3 fully saturated rings. The van der Waals surface area contributed by atoms with E-state index in [4.69, 9.17) is 18.6 Å². The summed E-state index contributed by atoms with van der Waals surface area (Å²) < 4.78 is 22.5. The van der Waals surface area contributed by atoms with Gasteiger partial charge in [-0.05, 0) is 26.3 Å². The van der Waals surface area contributed by atoms with Crippen LogP contribution >= 0.6 is 0 Å². The first-order valence-electron chi connectivity index (χ1n) is 9.34. The first-order valence-corrected chi connectivity index (χ1v) is 9.34. The van der Waals surface area contributed by atoms with Crippen molar-refractivity contribution in [2.45, 2.75) is 63.1 Å². The van der Waals surface area contributed by atoms with E-state index in [0.717, 1.165) is 5.56 Å². The predicted molar refractivity (Wildman–Crippen MR) is 90.0 cm³/mol. The highest BCUT2D eigenvalue weighted by molar-refractivity contribution is 5.93. The molecule has 0 radical (unpaired) electrons. The average molecular weight is 374 g/mol. The highest BCUT2D eigenvalue weighted by Gasteiger charge is 2.71. The third-order valence-corrected chi connectivity index (χ3v) is 6.95. The van der Waals surface area contributed by atoms with Crippen LogP contribution in [0.25, 0.3) is 0 Å². The lowest BCUT2D eigenvalue weighted by Gasteiger charge is -2.56. The fourth-order valence-corrected chi connectivity index (χ4v) is 5.28. The zero-order valence-electron chi connectivity index (χ0n) is 15.3. The van der Waals surface area contributed by atoms with E-state index in [9.17, 15) is 14.7 Å². The number of allylic oxidation sites excluding steroid dienone is 1. The zero-order chi connectivity index (χ0) is 19.0. The number of furan rings is 1. The molecule has 1 N–H and O–H groups in total. The molecule has 1 aromatic rings. The summed E-state index contributed by atoms with van der Waals surface area (Å²) in [5.41, 5.74) is -0.645.